The average Bonchev–Trinajstić information content (AvgIpc) is 2.53. The van der Waals surface area contributed by atoms with Crippen molar-refractivity contribution in [1.82, 2.24) is 5.32 Å². The maximum atomic E-state index is 11.3. The Kier molecular flexibility index (Phi) is 4.75. The first-order chi connectivity index (χ1) is 10.9. The smallest absolute Gasteiger partial charge is 0.407 e. The first-order valence-corrected chi connectivity index (χ1v) is 6.66. The summed E-state index contributed by atoms with van der Waals surface area (Å²) in [6.45, 7) is 0. The predicted octanol–water partition coefficient (Wildman–Crippen LogP) is 2.10. The molecule has 8 nitrogen and oxygen atoms in total. The molecule has 0 saturated carbocycles. The average molecular weight is 318 g/mol. The van der Waals surface area contributed by atoms with Gasteiger partial charge in [0.25, 0.3) is 5.69 Å². The summed E-state index contributed by atoms with van der Waals surface area (Å²) < 4.78 is 4.40. The van der Waals surface area contributed by atoms with E-state index in [4.69, 9.17) is 0 Å². The van der Waals surface area contributed by atoms with E-state index in [1.165, 1.54) is 12.1 Å². The first-order valence-electron chi connectivity index (χ1n) is 6.66. The Morgan fingerprint density at radius 2 is 1.91 bits per heavy atom. The number of carboxylic acids is 1. The van der Waals surface area contributed by atoms with Crippen molar-refractivity contribution in [1.29, 1.82) is 0 Å². The van der Waals surface area contributed by atoms with E-state index in [9.17, 15) is 24.8 Å². The Morgan fingerprint density at radius 1 is 1.26 bits per heavy atom. The minimum Gasteiger partial charge on any atom is -0.480 e. The third-order valence-electron chi connectivity index (χ3n) is 3.39. The first kappa shape index (κ1) is 16.2. The van der Waals surface area contributed by atoms with E-state index >= 15 is 0 Å². The summed E-state index contributed by atoms with van der Waals surface area (Å²) in [5.41, 5.74) is 0.521. The lowest BCUT2D eigenvalue weighted by Crippen LogP contribution is -2.42. The number of non-ortho nitro benzene ring substituents is 1. The highest BCUT2D eigenvalue weighted by molar-refractivity contribution is 5.94. The van der Waals surface area contributed by atoms with E-state index in [1.54, 1.807) is 24.3 Å². The summed E-state index contributed by atoms with van der Waals surface area (Å²) in [6, 6.07) is 8.27. The van der Waals surface area contributed by atoms with Gasteiger partial charge in [-0.15, -0.1) is 0 Å². The van der Waals surface area contributed by atoms with Crippen LogP contribution >= 0.6 is 0 Å². The van der Waals surface area contributed by atoms with Gasteiger partial charge in [0.05, 0.1) is 17.4 Å². The van der Waals surface area contributed by atoms with Crippen LogP contribution in [0, 0.1) is 10.1 Å². The van der Waals surface area contributed by atoms with Crippen LogP contribution in [0.25, 0.3) is 10.8 Å². The number of fused-ring (bicyclic) bond motifs is 1. The molecule has 8 heteroatoms. The highest BCUT2D eigenvalue weighted by Crippen LogP contribution is 2.28. The van der Waals surface area contributed by atoms with Crippen molar-refractivity contribution in [3.63, 3.8) is 0 Å². The van der Waals surface area contributed by atoms with Gasteiger partial charge in [0.15, 0.2) is 0 Å². The summed E-state index contributed by atoms with van der Waals surface area (Å²) in [4.78, 5) is 33.1. The van der Waals surface area contributed by atoms with Gasteiger partial charge in [-0.2, -0.15) is 0 Å². The van der Waals surface area contributed by atoms with Gasteiger partial charge >= 0.3 is 12.1 Å². The fraction of sp³-hybridized carbons (Fsp3) is 0.200. The molecule has 1 unspecified atom stereocenters. The van der Waals surface area contributed by atoms with Gasteiger partial charge in [-0.3, -0.25) is 10.1 Å². The normalized spacial score (nSPS) is 11.7. The number of alkyl carbamates (subject to hydrolysis) is 1. The minimum absolute atomic E-state index is 0.0249. The summed E-state index contributed by atoms with van der Waals surface area (Å²) in [7, 11) is 1.13. The number of carbonyl (C=O) groups is 2. The Hall–Kier alpha value is -3.16. The largest absolute Gasteiger partial charge is 0.480 e. The van der Waals surface area contributed by atoms with Gasteiger partial charge in [0.1, 0.15) is 6.04 Å². The molecule has 0 aliphatic heterocycles. The molecule has 0 spiro atoms. The number of nitro benzene ring substituents is 1. The molecule has 0 aliphatic rings. The molecule has 2 aromatic rings. The molecule has 0 radical (unpaired) electrons. The third kappa shape index (κ3) is 3.54. The van der Waals surface area contributed by atoms with E-state index in [-0.39, 0.29) is 12.1 Å². The number of carbonyl (C=O) groups excluding carboxylic acids is 1. The van der Waals surface area contributed by atoms with E-state index < -0.39 is 23.0 Å². The molecular formula is C15H14N2O6. The molecule has 1 atom stereocenters. The van der Waals surface area contributed by atoms with Crippen molar-refractivity contribution in [3.05, 3.63) is 52.1 Å². The summed E-state index contributed by atoms with van der Waals surface area (Å²) in [5.74, 6) is -1.22. The molecule has 0 bridgehead atoms. The molecule has 2 aromatic carbocycles. The number of ether oxygens (including phenoxy) is 1. The maximum Gasteiger partial charge on any atom is 0.407 e. The zero-order valence-electron chi connectivity index (χ0n) is 12.2. The van der Waals surface area contributed by atoms with Gasteiger partial charge in [0.2, 0.25) is 0 Å². The molecule has 0 heterocycles. The topological polar surface area (TPSA) is 119 Å². The lowest BCUT2D eigenvalue weighted by Gasteiger charge is -2.15. The van der Waals surface area contributed by atoms with E-state index in [0.29, 0.717) is 16.3 Å². The molecule has 2 rings (SSSR count). The molecule has 23 heavy (non-hydrogen) atoms. The summed E-state index contributed by atoms with van der Waals surface area (Å²) in [6.07, 6.45) is -0.883. The molecule has 0 fully saturated rings. The SMILES string of the molecule is COC(=O)NC(Cc1ccc([N+](=O)[O-])c2ccccc12)C(=O)O. The fourth-order valence-corrected chi connectivity index (χ4v) is 2.30. The number of hydrogen-bond donors (Lipinski definition) is 2. The number of rotatable bonds is 5. The Morgan fingerprint density at radius 3 is 2.48 bits per heavy atom. The van der Waals surface area contributed by atoms with Gasteiger partial charge in [-0.1, -0.05) is 24.3 Å². The van der Waals surface area contributed by atoms with E-state index in [1.807, 2.05) is 0 Å². The number of hydrogen-bond acceptors (Lipinski definition) is 5. The van der Waals surface area contributed by atoms with Crippen LogP contribution < -0.4 is 5.32 Å². The zero-order chi connectivity index (χ0) is 17.0. The van der Waals surface area contributed by atoms with Crippen LogP contribution in [0.4, 0.5) is 10.5 Å². The monoisotopic (exact) mass is 318 g/mol. The number of amides is 1. The number of benzene rings is 2. The lowest BCUT2D eigenvalue weighted by molar-refractivity contribution is -0.383. The minimum atomic E-state index is -1.22. The van der Waals surface area contributed by atoms with Gasteiger partial charge < -0.3 is 15.2 Å². The molecule has 0 saturated heterocycles. The lowest BCUT2D eigenvalue weighted by atomic mass is 9.97. The molecule has 120 valence electrons. The van der Waals surface area contributed by atoms with Crippen molar-refractivity contribution in [2.45, 2.75) is 12.5 Å². The number of methoxy groups -OCH3 is 1. The highest BCUT2D eigenvalue weighted by Gasteiger charge is 2.23. The van der Waals surface area contributed by atoms with Crippen LogP contribution in [0.5, 0.6) is 0 Å². The second kappa shape index (κ2) is 6.73. The number of carboxylic acid groups (broad SMARTS) is 1. The van der Waals surface area contributed by atoms with Crippen LogP contribution in [-0.4, -0.2) is 35.2 Å². The second-order valence-corrected chi connectivity index (χ2v) is 4.78. The Bertz CT molecular complexity index is 774. The molecule has 0 aromatic heterocycles. The van der Waals surface area contributed by atoms with Crippen molar-refractivity contribution >= 4 is 28.5 Å². The predicted molar refractivity (Wildman–Crippen MR) is 81.3 cm³/mol. The van der Waals surface area contributed by atoms with Crippen LogP contribution in [0.15, 0.2) is 36.4 Å². The van der Waals surface area contributed by atoms with Crippen LogP contribution in [0.1, 0.15) is 5.56 Å². The third-order valence-corrected chi connectivity index (χ3v) is 3.39. The van der Waals surface area contributed by atoms with Crippen molar-refractivity contribution in [3.8, 4) is 0 Å². The zero-order valence-corrected chi connectivity index (χ0v) is 12.2. The fourth-order valence-electron chi connectivity index (χ4n) is 2.30. The standard InChI is InChI=1S/C15H14N2O6/c1-23-15(20)16-12(14(18)19)8-9-6-7-13(17(21)22)11-5-3-2-4-10(9)11/h2-7,12H,8H2,1H3,(H,16,20)(H,18,19). The Labute approximate surface area is 130 Å². The molecule has 0 aliphatic carbocycles. The number of nitro groups is 1. The quantitative estimate of drug-likeness (QED) is 0.643. The van der Waals surface area contributed by atoms with Gasteiger partial charge in [-0.05, 0) is 17.0 Å². The van der Waals surface area contributed by atoms with E-state index in [2.05, 4.69) is 10.1 Å². The second-order valence-electron chi connectivity index (χ2n) is 4.78. The number of nitrogens with zero attached hydrogens (tertiary/aromatic N) is 1. The molecule has 2 N–H and O–H groups in total. The molecule has 1 amide bonds. The van der Waals surface area contributed by atoms with Gasteiger partial charge in [0, 0.05) is 12.5 Å². The number of nitrogens with one attached hydrogen (secondary N) is 1. The van der Waals surface area contributed by atoms with Crippen LogP contribution in [0.2, 0.25) is 0 Å². The van der Waals surface area contributed by atoms with E-state index in [0.717, 1.165) is 7.11 Å². The summed E-state index contributed by atoms with van der Waals surface area (Å²) >= 11 is 0. The molecular weight excluding hydrogens is 304 g/mol. The van der Waals surface area contributed by atoms with Gasteiger partial charge in [-0.25, -0.2) is 9.59 Å². The van der Waals surface area contributed by atoms with Crippen LogP contribution in [0.3, 0.4) is 0 Å². The highest BCUT2D eigenvalue weighted by atomic mass is 16.6. The van der Waals surface area contributed by atoms with Crippen LogP contribution in [-0.2, 0) is 16.0 Å². The summed E-state index contributed by atoms with van der Waals surface area (Å²) in [5, 5.41) is 23.5. The van der Waals surface area contributed by atoms with Crippen molar-refractivity contribution in [2.75, 3.05) is 7.11 Å². The Balaban J connectivity index is 2.43. The van der Waals surface area contributed by atoms with Crippen molar-refractivity contribution in [2.24, 2.45) is 0 Å². The maximum absolute atomic E-state index is 11.3. The number of aliphatic carboxylic acids is 1. The van der Waals surface area contributed by atoms with Crippen molar-refractivity contribution < 1.29 is 24.4 Å².